The second kappa shape index (κ2) is 4.11. The van der Waals surface area contributed by atoms with Crippen LogP contribution in [0.3, 0.4) is 0 Å². The molecule has 5 nitrogen and oxygen atoms in total. The quantitative estimate of drug-likeness (QED) is 0.643. The van der Waals surface area contributed by atoms with Crippen LogP contribution in [0, 0.1) is 0 Å². The fraction of sp³-hybridized carbons (Fsp3) is 0.200. The highest BCUT2D eigenvalue weighted by molar-refractivity contribution is 6.30. The third-order valence-electron chi connectivity index (χ3n) is 2.26. The van der Waals surface area contributed by atoms with Gasteiger partial charge in [0, 0.05) is 18.6 Å². The number of aromatic amines is 1. The van der Waals surface area contributed by atoms with E-state index in [1.165, 1.54) is 7.11 Å². The molecule has 0 atom stereocenters. The lowest BCUT2D eigenvalue weighted by Gasteiger charge is -2.11. The number of hydrogen-bond donors (Lipinski definition) is 1. The molecule has 2 aromatic rings. The van der Waals surface area contributed by atoms with E-state index in [9.17, 15) is 4.79 Å². The van der Waals surface area contributed by atoms with Crippen molar-refractivity contribution in [2.24, 2.45) is 0 Å². The molecule has 0 spiro atoms. The van der Waals surface area contributed by atoms with Gasteiger partial charge in [0.1, 0.15) is 10.8 Å². The summed E-state index contributed by atoms with van der Waals surface area (Å²) in [5.41, 5.74) is 1.20. The van der Waals surface area contributed by atoms with Gasteiger partial charge in [-0.15, -0.1) is 0 Å². The zero-order valence-electron chi connectivity index (χ0n) is 8.82. The molecule has 2 rings (SSSR count). The Hall–Kier alpha value is -1.59. The van der Waals surface area contributed by atoms with Crippen molar-refractivity contribution in [1.82, 2.24) is 15.0 Å². The standard InChI is InChI=1S/C10H10ClN3O2/c1-14(16-2)10(15)8-3-6-5-12-9(11)4-7(6)13-8/h3-5,13H,1-2H3. The van der Waals surface area contributed by atoms with Gasteiger partial charge in [0.25, 0.3) is 5.91 Å². The van der Waals surface area contributed by atoms with Crippen molar-refractivity contribution >= 4 is 28.4 Å². The van der Waals surface area contributed by atoms with Gasteiger partial charge in [-0.25, -0.2) is 10.0 Å². The lowest BCUT2D eigenvalue weighted by molar-refractivity contribution is -0.0759. The zero-order valence-corrected chi connectivity index (χ0v) is 9.58. The Bertz CT molecular complexity index is 538. The van der Waals surface area contributed by atoms with Gasteiger partial charge in [-0.3, -0.25) is 9.63 Å². The number of nitrogens with one attached hydrogen (secondary N) is 1. The van der Waals surface area contributed by atoms with Crippen molar-refractivity contribution in [3.05, 3.63) is 29.2 Å². The van der Waals surface area contributed by atoms with Gasteiger partial charge in [0.2, 0.25) is 0 Å². The zero-order chi connectivity index (χ0) is 11.7. The minimum Gasteiger partial charge on any atom is -0.350 e. The van der Waals surface area contributed by atoms with Crippen LogP contribution in [0.5, 0.6) is 0 Å². The Balaban J connectivity index is 2.43. The van der Waals surface area contributed by atoms with Gasteiger partial charge in [-0.1, -0.05) is 11.6 Å². The van der Waals surface area contributed by atoms with Crippen LogP contribution in [0.25, 0.3) is 10.9 Å². The number of carbonyl (C=O) groups is 1. The molecular weight excluding hydrogens is 230 g/mol. The second-order valence-electron chi connectivity index (χ2n) is 3.26. The van der Waals surface area contributed by atoms with E-state index in [1.807, 2.05) is 0 Å². The molecule has 0 saturated carbocycles. The van der Waals surface area contributed by atoms with Crippen LogP contribution >= 0.6 is 11.6 Å². The number of nitrogens with zero attached hydrogens (tertiary/aromatic N) is 2. The van der Waals surface area contributed by atoms with Gasteiger partial charge in [0.15, 0.2) is 0 Å². The lowest BCUT2D eigenvalue weighted by Crippen LogP contribution is -2.25. The van der Waals surface area contributed by atoms with Crippen molar-refractivity contribution in [1.29, 1.82) is 0 Å². The van der Waals surface area contributed by atoms with E-state index >= 15 is 0 Å². The normalized spacial score (nSPS) is 10.7. The fourth-order valence-electron chi connectivity index (χ4n) is 1.37. The van der Waals surface area contributed by atoms with Crippen LogP contribution in [0.1, 0.15) is 10.5 Å². The SMILES string of the molecule is CON(C)C(=O)c1cc2cnc(Cl)cc2[nH]1. The summed E-state index contributed by atoms with van der Waals surface area (Å²) >= 11 is 5.75. The van der Waals surface area contributed by atoms with Crippen LogP contribution in [-0.4, -0.2) is 35.1 Å². The third kappa shape index (κ3) is 1.87. The van der Waals surface area contributed by atoms with Gasteiger partial charge in [0.05, 0.1) is 12.6 Å². The van der Waals surface area contributed by atoms with E-state index in [4.69, 9.17) is 16.4 Å². The first-order valence-corrected chi connectivity index (χ1v) is 4.96. The van der Waals surface area contributed by atoms with E-state index in [0.717, 1.165) is 16.0 Å². The van der Waals surface area contributed by atoms with Crippen molar-refractivity contribution in [2.75, 3.05) is 14.2 Å². The summed E-state index contributed by atoms with van der Waals surface area (Å²) in [7, 11) is 2.97. The molecule has 0 aliphatic rings. The molecular formula is C10H10ClN3O2. The number of aromatic nitrogens is 2. The summed E-state index contributed by atoms with van der Waals surface area (Å²) in [6.45, 7) is 0. The predicted octanol–water partition coefficient (Wildman–Crippen LogP) is 1.85. The number of amides is 1. The highest BCUT2D eigenvalue weighted by atomic mass is 35.5. The summed E-state index contributed by atoms with van der Waals surface area (Å²) < 4.78 is 0. The monoisotopic (exact) mass is 239 g/mol. The summed E-state index contributed by atoms with van der Waals surface area (Å²) in [6.07, 6.45) is 1.61. The molecule has 2 aromatic heterocycles. The minimum atomic E-state index is -0.255. The van der Waals surface area contributed by atoms with Crippen LogP contribution in [-0.2, 0) is 4.84 Å². The maximum Gasteiger partial charge on any atom is 0.293 e. The minimum absolute atomic E-state index is 0.255. The van der Waals surface area contributed by atoms with Crippen molar-refractivity contribution in [3.63, 3.8) is 0 Å². The molecule has 1 amide bonds. The highest BCUT2D eigenvalue weighted by Gasteiger charge is 2.14. The topological polar surface area (TPSA) is 58.2 Å². The van der Waals surface area contributed by atoms with E-state index in [1.54, 1.807) is 25.4 Å². The van der Waals surface area contributed by atoms with Crippen molar-refractivity contribution in [2.45, 2.75) is 0 Å². The van der Waals surface area contributed by atoms with Gasteiger partial charge in [-0.2, -0.15) is 0 Å². The third-order valence-corrected chi connectivity index (χ3v) is 2.47. The largest absolute Gasteiger partial charge is 0.350 e. The van der Waals surface area contributed by atoms with Crippen LogP contribution in [0.4, 0.5) is 0 Å². The number of halogens is 1. The molecule has 84 valence electrons. The fourth-order valence-corrected chi connectivity index (χ4v) is 1.53. The molecule has 0 unspecified atom stereocenters. The Kier molecular flexibility index (Phi) is 2.80. The molecule has 0 radical (unpaired) electrons. The maximum absolute atomic E-state index is 11.7. The summed E-state index contributed by atoms with van der Waals surface area (Å²) in [5, 5.41) is 2.35. The Labute approximate surface area is 96.9 Å². The number of H-pyrrole nitrogens is 1. The predicted molar refractivity (Wildman–Crippen MR) is 60.2 cm³/mol. The number of hydrogen-bond acceptors (Lipinski definition) is 3. The Morgan fingerprint density at radius 1 is 1.56 bits per heavy atom. The first kappa shape index (κ1) is 10.9. The molecule has 1 N–H and O–H groups in total. The van der Waals surface area contributed by atoms with E-state index in [0.29, 0.717) is 10.8 Å². The van der Waals surface area contributed by atoms with Gasteiger partial charge >= 0.3 is 0 Å². The maximum atomic E-state index is 11.7. The molecule has 0 aliphatic carbocycles. The van der Waals surface area contributed by atoms with Crippen molar-refractivity contribution in [3.8, 4) is 0 Å². The summed E-state index contributed by atoms with van der Waals surface area (Å²) in [6, 6.07) is 3.37. The lowest BCUT2D eigenvalue weighted by atomic mass is 10.3. The summed E-state index contributed by atoms with van der Waals surface area (Å²) in [4.78, 5) is 23.4. The number of pyridine rings is 1. The molecule has 16 heavy (non-hydrogen) atoms. The smallest absolute Gasteiger partial charge is 0.293 e. The first-order chi connectivity index (χ1) is 7.61. The Morgan fingerprint density at radius 3 is 3.00 bits per heavy atom. The van der Waals surface area contributed by atoms with Crippen molar-refractivity contribution < 1.29 is 9.63 Å². The first-order valence-electron chi connectivity index (χ1n) is 4.58. The van der Waals surface area contributed by atoms with Crippen LogP contribution in [0.15, 0.2) is 18.3 Å². The molecule has 0 aromatic carbocycles. The molecule has 6 heteroatoms. The molecule has 0 aliphatic heterocycles. The number of rotatable bonds is 2. The van der Waals surface area contributed by atoms with Gasteiger partial charge in [-0.05, 0) is 12.1 Å². The highest BCUT2D eigenvalue weighted by Crippen LogP contribution is 2.18. The molecule has 2 heterocycles. The molecule has 0 saturated heterocycles. The molecule has 0 fully saturated rings. The molecule has 0 bridgehead atoms. The van der Waals surface area contributed by atoms with E-state index in [-0.39, 0.29) is 5.91 Å². The number of hydroxylamine groups is 2. The van der Waals surface area contributed by atoms with E-state index < -0.39 is 0 Å². The van der Waals surface area contributed by atoms with E-state index in [2.05, 4.69) is 9.97 Å². The average Bonchev–Trinajstić information content (AvgIpc) is 2.69. The number of carbonyl (C=O) groups excluding carboxylic acids is 1. The Morgan fingerprint density at radius 2 is 2.31 bits per heavy atom. The van der Waals surface area contributed by atoms with Crippen LogP contribution in [0.2, 0.25) is 5.15 Å². The second-order valence-corrected chi connectivity index (χ2v) is 3.65. The summed E-state index contributed by atoms with van der Waals surface area (Å²) in [5.74, 6) is -0.255. The van der Waals surface area contributed by atoms with Crippen LogP contribution < -0.4 is 0 Å². The average molecular weight is 240 g/mol. The number of fused-ring (bicyclic) bond motifs is 1. The van der Waals surface area contributed by atoms with Gasteiger partial charge < -0.3 is 4.98 Å².